The molecule has 1 aliphatic heterocycles. The van der Waals surface area contributed by atoms with Crippen LogP contribution in [0, 0.1) is 5.92 Å². The molecule has 1 aliphatic rings. The van der Waals surface area contributed by atoms with E-state index in [2.05, 4.69) is 52.4 Å². The molecule has 0 aromatic heterocycles. The van der Waals surface area contributed by atoms with Gasteiger partial charge in [-0.05, 0) is 38.1 Å². The quantitative estimate of drug-likeness (QED) is 0.920. The van der Waals surface area contributed by atoms with E-state index in [-0.39, 0.29) is 0 Å². The lowest BCUT2D eigenvalue weighted by atomic mass is 9.91. The lowest BCUT2D eigenvalue weighted by Gasteiger charge is -2.22. The first-order valence-electron chi connectivity index (χ1n) is 5.75. The second-order valence-corrected chi connectivity index (χ2v) is 5.37. The van der Waals surface area contributed by atoms with Crippen molar-refractivity contribution in [3.05, 3.63) is 34.3 Å². The zero-order chi connectivity index (χ0) is 11.5. The van der Waals surface area contributed by atoms with Gasteiger partial charge in [0.25, 0.3) is 0 Å². The largest absolute Gasteiger partial charge is 0.378 e. The van der Waals surface area contributed by atoms with Gasteiger partial charge < -0.3 is 10.1 Å². The van der Waals surface area contributed by atoms with Gasteiger partial charge in [0.1, 0.15) is 0 Å². The Morgan fingerprint density at radius 3 is 2.56 bits per heavy atom. The van der Waals surface area contributed by atoms with Crippen LogP contribution in [0.4, 0.5) is 0 Å². The van der Waals surface area contributed by atoms with E-state index in [1.54, 1.807) is 0 Å². The smallest absolute Gasteiger partial charge is 0.0551 e. The van der Waals surface area contributed by atoms with Gasteiger partial charge in [0.05, 0.1) is 12.7 Å². The van der Waals surface area contributed by atoms with E-state index < -0.39 is 0 Å². The number of hydrogen-bond donors (Lipinski definition) is 1. The third kappa shape index (κ3) is 2.65. The molecular formula is C13H18BrNO. The van der Waals surface area contributed by atoms with Crippen molar-refractivity contribution in [2.45, 2.75) is 25.5 Å². The fourth-order valence-corrected chi connectivity index (χ4v) is 2.69. The summed E-state index contributed by atoms with van der Waals surface area (Å²) in [6.45, 7) is 3.01. The molecular weight excluding hydrogens is 266 g/mol. The molecule has 1 saturated heterocycles. The first-order valence-corrected chi connectivity index (χ1v) is 6.54. The second-order valence-electron chi connectivity index (χ2n) is 4.46. The zero-order valence-electron chi connectivity index (χ0n) is 9.74. The van der Waals surface area contributed by atoms with Gasteiger partial charge in [-0.1, -0.05) is 28.1 Å². The average molecular weight is 284 g/mol. The van der Waals surface area contributed by atoms with Crippen LogP contribution in [-0.4, -0.2) is 19.8 Å². The Hall–Kier alpha value is -0.380. The molecule has 0 amide bonds. The van der Waals surface area contributed by atoms with Gasteiger partial charge in [0, 0.05) is 16.4 Å². The van der Waals surface area contributed by atoms with Crippen molar-refractivity contribution >= 4 is 15.9 Å². The van der Waals surface area contributed by atoms with E-state index in [4.69, 9.17) is 4.74 Å². The van der Waals surface area contributed by atoms with Crippen LogP contribution in [0.1, 0.15) is 24.9 Å². The maximum absolute atomic E-state index is 5.64. The SMILES string of the molecule is CNC(c1ccc(Br)cc1)C1COC(C)C1. The second kappa shape index (κ2) is 5.30. The molecule has 0 radical (unpaired) electrons. The average Bonchev–Trinajstić information content (AvgIpc) is 2.69. The van der Waals surface area contributed by atoms with Crippen LogP contribution in [0.3, 0.4) is 0 Å². The van der Waals surface area contributed by atoms with Crippen LogP contribution >= 0.6 is 15.9 Å². The molecule has 0 aliphatic carbocycles. The fraction of sp³-hybridized carbons (Fsp3) is 0.538. The molecule has 1 aromatic carbocycles. The van der Waals surface area contributed by atoms with E-state index in [1.807, 2.05) is 7.05 Å². The molecule has 1 N–H and O–H groups in total. The van der Waals surface area contributed by atoms with Gasteiger partial charge in [-0.3, -0.25) is 0 Å². The molecule has 3 unspecified atom stereocenters. The van der Waals surface area contributed by atoms with Gasteiger partial charge >= 0.3 is 0 Å². The summed E-state index contributed by atoms with van der Waals surface area (Å²) in [5.41, 5.74) is 1.34. The molecule has 88 valence electrons. The highest BCUT2D eigenvalue weighted by atomic mass is 79.9. The molecule has 1 aromatic rings. The van der Waals surface area contributed by atoms with Gasteiger partial charge in [-0.15, -0.1) is 0 Å². The first-order chi connectivity index (χ1) is 7.70. The topological polar surface area (TPSA) is 21.3 Å². The van der Waals surface area contributed by atoms with Gasteiger partial charge in [-0.25, -0.2) is 0 Å². The molecule has 0 saturated carbocycles. The highest BCUT2D eigenvalue weighted by Gasteiger charge is 2.29. The molecule has 0 bridgehead atoms. The van der Waals surface area contributed by atoms with Crippen molar-refractivity contribution in [1.29, 1.82) is 0 Å². The number of hydrogen-bond acceptors (Lipinski definition) is 2. The van der Waals surface area contributed by atoms with E-state index in [1.165, 1.54) is 5.56 Å². The number of ether oxygens (including phenoxy) is 1. The monoisotopic (exact) mass is 283 g/mol. The minimum absolute atomic E-state index is 0.399. The van der Waals surface area contributed by atoms with Crippen LogP contribution in [0.25, 0.3) is 0 Å². The lowest BCUT2D eigenvalue weighted by Crippen LogP contribution is -2.25. The highest BCUT2D eigenvalue weighted by Crippen LogP contribution is 2.31. The van der Waals surface area contributed by atoms with Gasteiger partial charge in [0.15, 0.2) is 0 Å². The summed E-state index contributed by atoms with van der Waals surface area (Å²) in [4.78, 5) is 0. The van der Waals surface area contributed by atoms with E-state index in [9.17, 15) is 0 Å². The summed E-state index contributed by atoms with van der Waals surface area (Å²) < 4.78 is 6.77. The van der Waals surface area contributed by atoms with Crippen LogP contribution in [0.15, 0.2) is 28.7 Å². The Balaban J connectivity index is 2.13. The Morgan fingerprint density at radius 1 is 1.38 bits per heavy atom. The Bertz CT molecular complexity index is 338. The maximum atomic E-state index is 5.64. The normalized spacial score (nSPS) is 26.9. The first kappa shape index (κ1) is 12.1. The maximum Gasteiger partial charge on any atom is 0.0551 e. The third-order valence-corrected chi connectivity index (χ3v) is 3.77. The van der Waals surface area contributed by atoms with E-state index in [0.717, 1.165) is 17.5 Å². The molecule has 1 heterocycles. The van der Waals surface area contributed by atoms with Gasteiger partial charge in [0.2, 0.25) is 0 Å². The van der Waals surface area contributed by atoms with Crippen molar-refractivity contribution in [1.82, 2.24) is 5.32 Å². The summed E-state index contributed by atoms with van der Waals surface area (Å²) in [6, 6.07) is 8.94. The van der Waals surface area contributed by atoms with Crippen LogP contribution in [0.5, 0.6) is 0 Å². The number of halogens is 1. The zero-order valence-corrected chi connectivity index (χ0v) is 11.3. The molecule has 2 rings (SSSR count). The minimum atomic E-state index is 0.399. The molecule has 16 heavy (non-hydrogen) atoms. The minimum Gasteiger partial charge on any atom is -0.378 e. The number of rotatable bonds is 3. The van der Waals surface area contributed by atoms with Crippen molar-refractivity contribution in [2.75, 3.05) is 13.7 Å². The molecule has 2 nitrogen and oxygen atoms in total. The molecule has 3 atom stereocenters. The summed E-state index contributed by atoms with van der Waals surface area (Å²) >= 11 is 3.46. The van der Waals surface area contributed by atoms with Crippen molar-refractivity contribution in [3.63, 3.8) is 0 Å². The van der Waals surface area contributed by atoms with Gasteiger partial charge in [-0.2, -0.15) is 0 Å². The van der Waals surface area contributed by atoms with Crippen molar-refractivity contribution < 1.29 is 4.74 Å². The number of benzene rings is 1. The van der Waals surface area contributed by atoms with Crippen LogP contribution in [-0.2, 0) is 4.74 Å². The standard InChI is InChI=1S/C13H18BrNO/c1-9-7-11(8-16-9)13(15-2)10-3-5-12(14)6-4-10/h3-6,9,11,13,15H,7-8H2,1-2H3. The third-order valence-electron chi connectivity index (χ3n) is 3.24. The molecule has 1 fully saturated rings. The summed E-state index contributed by atoms with van der Waals surface area (Å²) in [5, 5.41) is 3.40. The van der Waals surface area contributed by atoms with Crippen LogP contribution < -0.4 is 5.32 Å². The molecule has 0 spiro atoms. The summed E-state index contributed by atoms with van der Waals surface area (Å²) in [6.07, 6.45) is 1.54. The summed E-state index contributed by atoms with van der Waals surface area (Å²) in [5.74, 6) is 0.584. The fourth-order valence-electron chi connectivity index (χ4n) is 2.43. The summed E-state index contributed by atoms with van der Waals surface area (Å²) in [7, 11) is 2.02. The highest BCUT2D eigenvalue weighted by molar-refractivity contribution is 9.10. The Kier molecular flexibility index (Phi) is 4.00. The molecule has 3 heteroatoms. The van der Waals surface area contributed by atoms with Crippen molar-refractivity contribution in [2.24, 2.45) is 5.92 Å². The van der Waals surface area contributed by atoms with Crippen molar-refractivity contribution in [3.8, 4) is 0 Å². The van der Waals surface area contributed by atoms with E-state index >= 15 is 0 Å². The number of nitrogens with one attached hydrogen (secondary N) is 1. The lowest BCUT2D eigenvalue weighted by molar-refractivity contribution is 0.117. The predicted octanol–water partition coefficient (Wildman–Crippen LogP) is 3.13. The Labute approximate surface area is 106 Å². The van der Waals surface area contributed by atoms with E-state index in [0.29, 0.717) is 18.1 Å². The van der Waals surface area contributed by atoms with Crippen LogP contribution in [0.2, 0.25) is 0 Å². The Morgan fingerprint density at radius 2 is 2.06 bits per heavy atom. The predicted molar refractivity (Wildman–Crippen MR) is 69.5 cm³/mol.